The fourth-order valence-electron chi connectivity index (χ4n) is 2.42. The highest BCUT2D eigenvalue weighted by Gasteiger charge is 2.33. The molecule has 0 bridgehead atoms. The van der Waals surface area contributed by atoms with Crippen molar-refractivity contribution in [2.45, 2.75) is 33.7 Å². The zero-order chi connectivity index (χ0) is 17.0. The van der Waals surface area contributed by atoms with Crippen molar-refractivity contribution in [1.82, 2.24) is 10.6 Å². The number of rotatable bonds is 6. The number of halogens is 1. The standard InChI is InChI=1S/C18H27FN2O2/c1-12(13-9-20-10-13)17(22)21-16(18(2,3)4)11-23-15-8-6-5-7-14(15)19/h5-8,12-13,16,20H,9-11H2,1-4H3,(H,21,22). The first-order valence-electron chi connectivity index (χ1n) is 8.17. The predicted octanol–water partition coefficient (Wildman–Crippen LogP) is 2.59. The molecule has 1 heterocycles. The quantitative estimate of drug-likeness (QED) is 0.846. The number of carbonyl (C=O) groups is 1. The van der Waals surface area contributed by atoms with Crippen LogP contribution >= 0.6 is 0 Å². The van der Waals surface area contributed by atoms with Crippen LogP contribution in [0.1, 0.15) is 27.7 Å². The molecule has 0 saturated carbocycles. The van der Waals surface area contributed by atoms with Gasteiger partial charge in [0.1, 0.15) is 6.61 Å². The molecular formula is C18H27FN2O2. The van der Waals surface area contributed by atoms with E-state index in [0.717, 1.165) is 13.1 Å². The zero-order valence-corrected chi connectivity index (χ0v) is 14.4. The predicted molar refractivity (Wildman–Crippen MR) is 88.8 cm³/mol. The minimum Gasteiger partial charge on any atom is -0.488 e. The molecule has 1 amide bonds. The third-order valence-corrected chi connectivity index (χ3v) is 4.54. The summed E-state index contributed by atoms with van der Waals surface area (Å²) < 4.78 is 19.3. The minimum atomic E-state index is -0.389. The molecule has 0 aromatic heterocycles. The van der Waals surface area contributed by atoms with Gasteiger partial charge in [0.2, 0.25) is 5.91 Å². The highest BCUT2D eigenvalue weighted by molar-refractivity contribution is 5.79. The number of benzene rings is 1. The first kappa shape index (κ1) is 17.7. The Morgan fingerprint density at radius 3 is 2.57 bits per heavy atom. The highest BCUT2D eigenvalue weighted by atomic mass is 19.1. The van der Waals surface area contributed by atoms with Crippen LogP contribution in [0.5, 0.6) is 5.75 Å². The van der Waals surface area contributed by atoms with E-state index in [2.05, 4.69) is 10.6 Å². The van der Waals surface area contributed by atoms with Gasteiger partial charge < -0.3 is 15.4 Å². The molecule has 128 valence electrons. The molecule has 0 aliphatic carbocycles. The second kappa shape index (κ2) is 7.30. The van der Waals surface area contributed by atoms with Gasteiger partial charge in [-0.05, 0) is 36.6 Å². The molecule has 2 rings (SSSR count). The first-order chi connectivity index (χ1) is 10.8. The lowest BCUT2D eigenvalue weighted by Gasteiger charge is -2.36. The van der Waals surface area contributed by atoms with Crippen molar-refractivity contribution in [3.63, 3.8) is 0 Å². The summed E-state index contributed by atoms with van der Waals surface area (Å²) in [6.07, 6.45) is 0. The summed E-state index contributed by atoms with van der Waals surface area (Å²) >= 11 is 0. The van der Waals surface area contributed by atoms with E-state index in [1.165, 1.54) is 6.07 Å². The van der Waals surface area contributed by atoms with Crippen molar-refractivity contribution in [2.75, 3.05) is 19.7 Å². The van der Waals surface area contributed by atoms with Crippen LogP contribution in [-0.4, -0.2) is 31.6 Å². The average molecular weight is 322 g/mol. The van der Waals surface area contributed by atoms with Crippen LogP contribution in [0.4, 0.5) is 4.39 Å². The van der Waals surface area contributed by atoms with Gasteiger partial charge >= 0.3 is 0 Å². The average Bonchev–Trinajstić information content (AvgIpc) is 2.41. The Labute approximate surface area is 137 Å². The fourth-order valence-corrected chi connectivity index (χ4v) is 2.42. The monoisotopic (exact) mass is 322 g/mol. The molecule has 1 aliphatic heterocycles. The summed E-state index contributed by atoms with van der Waals surface area (Å²) in [6, 6.07) is 6.13. The first-order valence-corrected chi connectivity index (χ1v) is 8.17. The van der Waals surface area contributed by atoms with Crippen molar-refractivity contribution < 1.29 is 13.9 Å². The van der Waals surface area contributed by atoms with E-state index in [0.29, 0.717) is 5.92 Å². The number of amides is 1. The van der Waals surface area contributed by atoms with Crippen LogP contribution in [0, 0.1) is 23.1 Å². The molecule has 4 nitrogen and oxygen atoms in total. The largest absolute Gasteiger partial charge is 0.488 e. The van der Waals surface area contributed by atoms with Gasteiger partial charge in [0.15, 0.2) is 11.6 Å². The zero-order valence-electron chi connectivity index (χ0n) is 14.4. The lowest BCUT2D eigenvalue weighted by Crippen LogP contribution is -2.54. The highest BCUT2D eigenvalue weighted by Crippen LogP contribution is 2.23. The van der Waals surface area contributed by atoms with Gasteiger partial charge in [-0.1, -0.05) is 39.8 Å². The van der Waals surface area contributed by atoms with E-state index in [4.69, 9.17) is 4.74 Å². The maximum Gasteiger partial charge on any atom is 0.223 e. The van der Waals surface area contributed by atoms with Crippen LogP contribution in [0.25, 0.3) is 0 Å². The number of ether oxygens (including phenoxy) is 1. The van der Waals surface area contributed by atoms with Crippen LogP contribution in [0.3, 0.4) is 0 Å². The molecule has 1 saturated heterocycles. The Hall–Kier alpha value is -1.62. The normalized spacial score (nSPS) is 18.0. The smallest absolute Gasteiger partial charge is 0.223 e. The second-order valence-electron chi connectivity index (χ2n) is 7.38. The van der Waals surface area contributed by atoms with E-state index < -0.39 is 0 Å². The Bertz CT molecular complexity index is 538. The van der Waals surface area contributed by atoms with Crippen LogP contribution < -0.4 is 15.4 Å². The Balaban J connectivity index is 1.97. The summed E-state index contributed by atoms with van der Waals surface area (Å²) in [6.45, 7) is 10.1. The number of carbonyl (C=O) groups excluding carboxylic acids is 1. The molecule has 2 atom stereocenters. The van der Waals surface area contributed by atoms with Crippen molar-refractivity contribution in [3.05, 3.63) is 30.1 Å². The molecule has 1 fully saturated rings. The lowest BCUT2D eigenvalue weighted by atomic mass is 9.84. The summed E-state index contributed by atoms with van der Waals surface area (Å²) in [4.78, 5) is 12.4. The second-order valence-corrected chi connectivity index (χ2v) is 7.38. The van der Waals surface area contributed by atoms with E-state index >= 15 is 0 Å². The van der Waals surface area contributed by atoms with Crippen LogP contribution in [-0.2, 0) is 4.79 Å². The van der Waals surface area contributed by atoms with Crippen molar-refractivity contribution >= 4 is 5.91 Å². The molecule has 23 heavy (non-hydrogen) atoms. The molecule has 2 unspecified atom stereocenters. The number of hydrogen-bond acceptors (Lipinski definition) is 3. The SMILES string of the molecule is CC(C(=O)NC(COc1ccccc1F)C(C)(C)C)C1CNC1. The van der Waals surface area contributed by atoms with E-state index in [9.17, 15) is 9.18 Å². The molecule has 1 aliphatic rings. The number of para-hydroxylation sites is 1. The fraction of sp³-hybridized carbons (Fsp3) is 0.611. The number of nitrogens with one attached hydrogen (secondary N) is 2. The molecule has 0 spiro atoms. The van der Waals surface area contributed by atoms with Gasteiger partial charge in [-0.3, -0.25) is 4.79 Å². The van der Waals surface area contributed by atoms with Gasteiger partial charge in [0.05, 0.1) is 6.04 Å². The van der Waals surface area contributed by atoms with E-state index in [1.807, 2.05) is 27.7 Å². The molecule has 0 radical (unpaired) electrons. The topological polar surface area (TPSA) is 50.4 Å². The Morgan fingerprint density at radius 1 is 1.39 bits per heavy atom. The third kappa shape index (κ3) is 4.67. The molecule has 1 aromatic carbocycles. The summed E-state index contributed by atoms with van der Waals surface area (Å²) in [7, 11) is 0. The Morgan fingerprint density at radius 2 is 2.04 bits per heavy atom. The third-order valence-electron chi connectivity index (χ3n) is 4.54. The van der Waals surface area contributed by atoms with Gasteiger partial charge in [0.25, 0.3) is 0 Å². The van der Waals surface area contributed by atoms with Gasteiger partial charge in [-0.2, -0.15) is 0 Å². The maximum atomic E-state index is 13.7. The summed E-state index contributed by atoms with van der Waals surface area (Å²) in [5.41, 5.74) is -0.182. The van der Waals surface area contributed by atoms with Gasteiger partial charge in [-0.15, -0.1) is 0 Å². The molecule has 1 aromatic rings. The van der Waals surface area contributed by atoms with Crippen molar-refractivity contribution in [3.8, 4) is 5.75 Å². The Kier molecular flexibility index (Phi) is 5.63. The number of hydrogen-bond donors (Lipinski definition) is 2. The van der Waals surface area contributed by atoms with E-state index in [1.54, 1.807) is 18.2 Å². The molecular weight excluding hydrogens is 295 g/mol. The van der Waals surface area contributed by atoms with Crippen molar-refractivity contribution in [2.24, 2.45) is 17.3 Å². The van der Waals surface area contributed by atoms with Crippen molar-refractivity contribution in [1.29, 1.82) is 0 Å². The van der Waals surface area contributed by atoms with Gasteiger partial charge in [-0.25, -0.2) is 4.39 Å². The minimum absolute atomic E-state index is 0.0328. The molecule has 5 heteroatoms. The summed E-state index contributed by atoms with van der Waals surface area (Å²) in [5, 5.41) is 6.27. The van der Waals surface area contributed by atoms with E-state index in [-0.39, 0.29) is 41.5 Å². The van der Waals surface area contributed by atoms with Crippen LogP contribution in [0.15, 0.2) is 24.3 Å². The van der Waals surface area contributed by atoms with Gasteiger partial charge in [0, 0.05) is 5.92 Å². The van der Waals surface area contributed by atoms with Crippen LogP contribution in [0.2, 0.25) is 0 Å². The molecule has 2 N–H and O–H groups in total. The maximum absolute atomic E-state index is 13.7. The summed E-state index contributed by atoms with van der Waals surface area (Å²) in [5.74, 6) is 0.221. The lowest BCUT2D eigenvalue weighted by molar-refractivity contribution is -0.128.